The van der Waals surface area contributed by atoms with Crippen LogP contribution in [0.15, 0.2) is 30.3 Å². The fourth-order valence-electron chi connectivity index (χ4n) is 2.58. The Hall–Kier alpha value is -1.31. The molecule has 0 aromatic heterocycles. The Bertz CT molecular complexity index is 340. The first-order valence-electron chi connectivity index (χ1n) is 8.08. The van der Waals surface area contributed by atoms with Crippen molar-refractivity contribution in [2.45, 2.75) is 72.3 Å². The van der Waals surface area contributed by atoms with Gasteiger partial charge < -0.3 is 5.32 Å². The van der Waals surface area contributed by atoms with Crippen molar-refractivity contribution in [2.24, 2.45) is 0 Å². The molecule has 0 atom stereocenters. The largest absolute Gasteiger partial charge is 0.354 e. The van der Waals surface area contributed by atoms with Gasteiger partial charge in [0.1, 0.15) is 0 Å². The summed E-state index contributed by atoms with van der Waals surface area (Å²) < 4.78 is 0. The van der Waals surface area contributed by atoms with Gasteiger partial charge in [0.25, 0.3) is 0 Å². The number of carbonyl (C=O) groups is 1. The molecule has 0 spiro atoms. The maximum atomic E-state index is 11.0. The number of hydrogen-bond acceptors (Lipinski definition) is 1. The van der Waals surface area contributed by atoms with E-state index in [-0.39, 0.29) is 5.91 Å². The van der Waals surface area contributed by atoms with E-state index in [1.165, 1.54) is 18.4 Å². The molecular formula is C18H31NO. The zero-order valence-corrected chi connectivity index (χ0v) is 13.8. The van der Waals surface area contributed by atoms with Gasteiger partial charge in [-0.2, -0.15) is 0 Å². The SMILES string of the molecule is CC.CC.CC(=O)NC1CCC(c2ccccc2)CC1. The number of benzene rings is 1. The van der Waals surface area contributed by atoms with E-state index in [0.717, 1.165) is 12.8 Å². The average Bonchev–Trinajstić information content (AvgIpc) is 2.52. The van der Waals surface area contributed by atoms with E-state index < -0.39 is 0 Å². The van der Waals surface area contributed by atoms with E-state index in [9.17, 15) is 4.79 Å². The van der Waals surface area contributed by atoms with Crippen LogP contribution in [0.5, 0.6) is 0 Å². The van der Waals surface area contributed by atoms with Gasteiger partial charge in [-0.05, 0) is 37.2 Å². The van der Waals surface area contributed by atoms with E-state index in [2.05, 4.69) is 35.6 Å². The first-order valence-corrected chi connectivity index (χ1v) is 8.08. The molecule has 1 aromatic carbocycles. The molecule has 2 rings (SSSR count). The molecule has 2 heteroatoms. The molecule has 1 fully saturated rings. The Morgan fingerprint density at radius 3 is 1.90 bits per heavy atom. The van der Waals surface area contributed by atoms with Gasteiger partial charge >= 0.3 is 0 Å². The van der Waals surface area contributed by atoms with E-state index >= 15 is 0 Å². The molecule has 0 radical (unpaired) electrons. The molecule has 0 saturated heterocycles. The lowest BCUT2D eigenvalue weighted by Gasteiger charge is -2.29. The zero-order valence-electron chi connectivity index (χ0n) is 13.8. The van der Waals surface area contributed by atoms with Crippen LogP contribution in [0, 0.1) is 0 Å². The normalized spacial score (nSPS) is 20.6. The third kappa shape index (κ3) is 6.74. The topological polar surface area (TPSA) is 29.1 Å². The minimum Gasteiger partial charge on any atom is -0.354 e. The number of amides is 1. The van der Waals surface area contributed by atoms with Crippen LogP contribution in [-0.2, 0) is 4.79 Å². The highest BCUT2D eigenvalue weighted by Gasteiger charge is 2.22. The smallest absolute Gasteiger partial charge is 0.217 e. The van der Waals surface area contributed by atoms with Crippen LogP contribution >= 0.6 is 0 Å². The van der Waals surface area contributed by atoms with Gasteiger partial charge in [0.2, 0.25) is 5.91 Å². The molecule has 1 aliphatic carbocycles. The summed E-state index contributed by atoms with van der Waals surface area (Å²) in [6, 6.07) is 11.1. The molecule has 1 N–H and O–H groups in total. The van der Waals surface area contributed by atoms with Gasteiger partial charge in [-0.1, -0.05) is 58.0 Å². The first kappa shape index (κ1) is 18.7. The number of hydrogen-bond donors (Lipinski definition) is 1. The molecule has 0 heterocycles. The van der Waals surface area contributed by atoms with Crippen molar-refractivity contribution >= 4 is 5.91 Å². The highest BCUT2D eigenvalue weighted by molar-refractivity contribution is 5.73. The van der Waals surface area contributed by atoms with Gasteiger partial charge in [0, 0.05) is 13.0 Å². The molecule has 1 saturated carbocycles. The van der Waals surface area contributed by atoms with Crippen molar-refractivity contribution in [2.75, 3.05) is 0 Å². The van der Waals surface area contributed by atoms with Crippen LogP contribution in [0.25, 0.3) is 0 Å². The van der Waals surface area contributed by atoms with Crippen LogP contribution in [0.2, 0.25) is 0 Å². The Labute approximate surface area is 125 Å². The van der Waals surface area contributed by atoms with Crippen molar-refractivity contribution in [3.8, 4) is 0 Å². The molecule has 1 aromatic rings. The average molecular weight is 277 g/mol. The predicted molar refractivity (Wildman–Crippen MR) is 88.0 cm³/mol. The second-order valence-corrected chi connectivity index (χ2v) is 4.66. The molecule has 2 nitrogen and oxygen atoms in total. The maximum absolute atomic E-state index is 11.0. The standard InChI is InChI=1S/C14H19NO.2C2H6/c1-11(16)15-14-9-7-13(8-10-14)12-5-3-2-4-6-12;2*1-2/h2-6,13-14H,7-10H2,1H3,(H,15,16);2*1-2H3. The Morgan fingerprint density at radius 1 is 0.950 bits per heavy atom. The monoisotopic (exact) mass is 277 g/mol. The fraction of sp³-hybridized carbons (Fsp3) is 0.611. The fourth-order valence-corrected chi connectivity index (χ4v) is 2.58. The van der Waals surface area contributed by atoms with Crippen LogP contribution in [0.3, 0.4) is 0 Å². The van der Waals surface area contributed by atoms with E-state index in [4.69, 9.17) is 0 Å². The van der Waals surface area contributed by atoms with Crippen molar-refractivity contribution in [3.05, 3.63) is 35.9 Å². The molecule has 1 amide bonds. The van der Waals surface area contributed by atoms with Gasteiger partial charge in [-0.3, -0.25) is 4.79 Å². The highest BCUT2D eigenvalue weighted by Crippen LogP contribution is 2.32. The van der Waals surface area contributed by atoms with Crippen molar-refractivity contribution < 1.29 is 4.79 Å². The van der Waals surface area contributed by atoms with Gasteiger partial charge in [0.15, 0.2) is 0 Å². The van der Waals surface area contributed by atoms with Crippen molar-refractivity contribution in [1.29, 1.82) is 0 Å². The van der Waals surface area contributed by atoms with E-state index in [0.29, 0.717) is 12.0 Å². The van der Waals surface area contributed by atoms with Gasteiger partial charge in [-0.15, -0.1) is 0 Å². The molecule has 0 unspecified atom stereocenters. The van der Waals surface area contributed by atoms with Crippen molar-refractivity contribution in [3.63, 3.8) is 0 Å². The number of rotatable bonds is 2. The van der Waals surface area contributed by atoms with Crippen LogP contribution in [0.1, 0.15) is 71.8 Å². The molecule has 20 heavy (non-hydrogen) atoms. The van der Waals surface area contributed by atoms with E-state index in [1.54, 1.807) is 6.92 Å². The lowest BCUT2D eigenvalue weighted by atomic mass is 9.82. The lowest BCUT2D eigenvalue weighted by Crippen LogP contribution is -2.35. The minimum atomic E-state index is 0.100. The molecule has 114 valence electrons. The Balaban J connectivity index is 0.000000829. The summed E-state index contributed by atoms with van der Waals surface area (Å²) in [6.07, 6.45) is 4.60. The molecular weight excluding hydrogens is 246 g/mol. The predicted octanol–water partition coefficient (Wildman–Crippen LogP) is 4.90. The Kier molecular flexibility index (Phi) is 10.8. The molecule has 0 bridgehead atoms. The lowest BCUT2D eigenvalue weighted by molar-refractivity contribution is -0.119. The number of nitrogens with one attached hydrogen (secondary N) is 1. The third-order valence-electron chi connectivity index (χ3n) is 3.41. The summed E-state index contributed by atoms with van der Waals surface area (Å²) >= 11 is 0. The first-order chi connectivity index (χ1) is 9.75. The summed E-state index contributed by atoms with van der Waals surface area (Å²) in [4.78, 5) is 11.0. The molecule has 0 aliphatic heterocycles. The summed E-state index contributed by atoms with van der Waals surface area (Å²) in [7, 11) is 0. The quantitative estimate of drug-likeness (QED) is 0.818. The van der Waals surface area contributed by atoms with Crippen molar-refractivity contribution in [1.82, 2.24) is 5.32 Å². The second kappa shape index (κ2) is 11.5. The number of carbonyl (C=O) groups excluding carboxylic acids is 1. The van der Waals surface area contributed by atoms with Crippen LogP contribution in [0.4, 0.5) is 0 Å². The maximum Gasteiger partial charge on any atom is 0.217 e. The summed E-state index contributed by atoms with van der Waals surface area (Å²) in [5.41, 5.74) is 1.45. The van der Waals surface area contributed by atoms with Crippen LogP contribution < -0.4 is 5.32 Å². The highest BCUT2D eigenvalue weighted by atomic mass is 16.1. The summed E-state index contributed by atoms with van der Waals surface area (Å²) in [5, 5.41) is 3.01. The zero-order chi connectivity index (χ0) is 15.4. The van der Waals surface area contributed by atoms with E-state index in [1.807, 2.05) is 27.7 Å². The molecule has 1 aliphatic rings. The second-order valence-electron chi connectivity index (χ2n) is 4.66. The van der Waals surface area contributed by atoms with Gasteiger partial charge in [0.05, 0.1) is 0 Å². The minimum absolute atomic E-state index is 0.100. The Morgan fingerprint density at radius 2 is 1.45 bits per heavy atom. The van der Waals surface area contributed by atoms with Gasteiger partial charge in [-0.25, -0.2) is 0 Å². The third-order valence-corrected chi connectivity index (χ3v) is 3.41. The summed E-state index contributed by atoms with van der Waals surface area (Å²) in [5.74, 6) is 0.786. The van der Waals surface area contributed by atoms with Crippen LogP contribution in [-0.4, -0.2) is 11.9 Å². The summed E-state index contributed by atoms with van der Waals surface area (Å²) in [6.45, 7) is 9.60.